The summed E-state index contributed by atoms with van der Waals surface area (Å²) in [6.07, 6.45) is -0.600. The molecule has 4 N–H and O–H groups in total. The molecule has 90 valence electrons. The van der Waals surface area contributed by atoms with Gasteiger partial charge in [-0.1, -0.05) is 0 Å². The predicted molar refractivity (Wildman–Crippen MR) is 60.6 cm³/mol. The number of hydrogen-bond acceptors (Lipinski definition) is 3. The highest BCUT2D eigenvalue weighted by molar-refractivity contribution is 6.02. The summed E-state index contributed by atoms with van der Waals surface area (Å²) in [5.41, 5.74) is 6.53. The molecule has 1 rings (SSSR count). The predicted octanol–water partition coefficient (Wildman–Crippen LogP) is 0.507. The number of rotatable bonds is 4. The minimum atomic E-state index is -1.20. The second-order valence-corrected chi connectivity index (χ2v) is 3.51. The Hall–Kier alpha value is -2.37. The van der Waals surface area contributed by atoms with Crippen LogP contribution < -0.4 is 11.1 Å². The van der Waals surface area contributed by atoms with Crippen LogP contribution in [0.4, 0.5) is 5.69 Å². The highest BCUT2D eigenvalue weighted by Gasteiger charge is 2.10. The van der Waals surface area contributed by atoms with Gasteiger partial charge in [-0.2, -0.15) is 0 Å². The number of aryl methyl sites for hydroxylation is 1. The lowest BCUT2D eigenvalue weighted by Crippen LogP contribution is -2.17. The number of benzene rings is 1. The van der Waals surface area contributed by atoms with E-state index in [1.54, 1.807) is 6.92 Å². The molecule has 2 amide bonds. The summed E-state index contributed by atoms with van der Waals surface area (Å²) in [7, 11) is 0. The maximum Gasteiger partial charge on any atom is 0.312 e. The molecule has 0 aliphatic heterocycles. The third-order valence-electron chi connectivity index (χ3n) is 2.10. The molecule has 0 atom stereocenters. The Morgan fingerprint density at radius 3 is 2.47 bits per heavy atom. The van der Waals surface area contributed by atoms with Gasteiger partial charge in [0, 0.05) is 11.3 Å². The van der Waals surface area contributed by atoms with E-state index in [1.807, 2.05) is 0 Å². The molecule has 1 aromatic rings. The van der Waals surface area contributed by atoms with E-state index in [0.29, 0.717) is 16.8 Å². The number of carbonyl (C=O) groups is 3. The maximum atomic E-state index is 11.2. The van der Waals surface area contributed by atoms with Crippen LogP contribution in [-0.4, -0.2) is 22.9 Å². The molecule has 17 heavy (non-hydrogen) atoms. The van der Waals surface area contributed by atoms with Crippen molar-refractivity contribution in [1.29, 1.82) is 0 Å². The number of carboxylic acid groups (broad SMARTS) is 1. The molecule has 6 heteroatoms. The number of hydrogen-bond donors (Lipinski definition) is 3. The average molecular weight is 236 g/mol. The van der Waals surface area contributed by atoms with Gasteiger partial charge in [0.15, 0.2) is 0 Å². The monoisotopic (exact) mass is 236 g/mol. The van der Waals surface area contributed by atoms with Gasteiger partial charge in [-0.3, -0.25) is 14.4 Å². The zero-order valence-electron chi connectivity index (χ0n) is 9.19. The first-order valence-electron chi connectivity index (χ1n) is 4.82. The number of carbonyl (C=O) groups excluding carboxylic acids is 2. The van der Waals surface area contributed by atoms with Crippen molar-refractivity contribution in [2.75, 3.05) is 5.32 Å². The van der Waals surface area contributed by atoms with Gasteiger partial charge in [0.25, 0.3) is 0 Å². The van der Waals surface area contributed by atoms with Crippen molar-refractivity contribution in [1.82, 2.24) is 0 Å². The fourth-order valence-electron chi connectivity index (χ4n) is 1.29. The zero-order valence-corrected chi connectivity index (χ0v) is 9.19. The fraction of sp³-hybridized carbons (Fsp3) is 0.182. The molecule has 0 saturated carbocycles. The highest BCUT2D eigenvalue weighted by Crippen LogP contribution is 2.16. The Morgan fingerprint density at radius 1 is 1.35 bits per heavy atom. The minimum Gasteiger partial charge on any atom is -0.481 e. The lowest BCUT2D eigenvalue weighted by molar-refractivity contribution is -0.139. The van der Waals surface area contributed by atoms with Crippen molar-refractivity contribution < 1.29 is 19.5 Å². The van der Waals surface area contributed by atoms with Crippen LogP contribution in [0.3, 0.4) is 0 Å². The Morgan fingerprint density at radius 2 is 2.00 bits per heavy atom. The maximum absolute atomic E-state index is 11.2. The van der Waals surface area contributed by atoms with Crippen molar-refractivity contribution in [3.8, 4) is 0 Å². The topological polar surface area (TPSA) is 109 Å². The lowest BCUT2D eigenvalue weighted by atomic mass is 10.1. The molecule has 0 unspecified atom stereocenters. The van der Waals surface area contributed by atoms with Crippen LogP contribution in [0.15, 0.2) is 18.2 Å². The van der Waals surface area contributed by atoms with Crippen LogP contribution >= 0.6 is 0 Å². The molecule has 1 aromatic carbocycles. The van der Waals surface area contributed by atoms with E-state index in [9.17, 15) is 14.4 Å². The number of amides is 2. The van der Waals surface area contributed by atoms with Crippen molar-refractivity contribution in [2.45, 2.75) is 13.3 Å². The molecule has 0 fully saturated rings. The normalized spacial score (nSPS) is 9.71. The Kier molecular flexibility index (Phi) is 3.82. The molecule has 0 aliphatic rings. The number of primary amides is 1. The van der Waals surface area contributed by atoms with Gasteiger partial charge in [0.05, 0.1) is 0 Å². The summed E-state index contributed by atoms with van der Waals surface area (Å²) >= 11 is 0. The summed E-state index contributed by atoms with van der Waals surface area (Å²) in [6.45, 7) is 1.68. The van der Waals surface area contributed by atoms with Crippen molar-refractivity contribution in [2.24, 2.45) is 5.73 Å². The van der Waals surface area contributed by atoms with E-state index in [-0.39, 0.29) is 0 Å². The van der Waals surface area contributed by atoms with Gasteiger partial charge in [-0.15, -0.1) is 0 Å². The lowest BCUT2D eigenvalue weighted by Gasteiger charge is -2.08. The highest BCUT2D eigenvalue weighted by atomic mass is 16.4. The summed E-state index contributed by atoms with van der Waals surface area (Å²) in [5.74, 6) is -2.38. The van der Waals surface area contributed by atoms with Gasteiger partial charge < -0.3 is 16.2 Å². The molecular weight excluding hydrogens is 224 g/mol. The van der Waals surface area contributed by atoms with Crippen LogP contribution in [0.2, 0.25) is 0 Å². The van der Waals surface area contributed by atoms with Crippen molar-refractivity contribution in [3.63, 3.8) is 0 Å². The number of carboxylic acids is 1. The minimum absolute atomic E-state index is 0.332. The molecule has 0 aliphatic carbocycles. The fourth-order valence-corrected chi connectivity index (χ4v) is 1.29. The van der Waals surface area contributed by atoms with Gasteiger partial charge in [0.1, 0.15) is 6.42 Å². The van der Waals surface area contributed by atoms with Crippen molar-refractivity contribution >= 4 is 23.5 Å². The summed E-state index contributed by atoms with van der Waals surface area (Å²) in [4.78, 5) is 32.4. The number of aliphatic carboxylic acids is 1. The molecule has 0 aromatic heterocycles. The molecule has 0 bridgehead atoms. The third kappa shape index (κ3) is 3.60. The summed E-state index contributed by atoms with van der Waals surface area (Å²) in [5, 5.41) is 10.9. The second kappa shape index (κ2) is 5.11. The quantitative estimate of drug-likeness (QED) is 0.661. The van der Waals surface area contributed by atoms with Crippen LogP contribution in [0.1, 0.15) is 22.3 Å². The van der Waals surface area contributed by atoms with E-state index in [4.69, 9.17) is 10.8 Å². The first-order valence-corrected chi connectivity index (χ1v) is 4.82. The van der Waals surface area contributed by atoms with Gasteiger partial charge in [0.2, 0.25) is 11.8 Å². The van der Waals surface area contributed by atoms with E-state index in [2.05, 4.69) is 5.32 Å². The van der Waals surface area contributed by atoms with Gasteiger partial charge >= 0.3 is 5.97 Å². The van der Waals surface area contributed by atoms with Crippen LogP contribution in [-0.2, 0) is 9.59 Å². The standard InChI is InChI=1S/C11H12N2O4/c1-6-4-7(11(12)17)2-3-8(6)13-9(14)5-10(15)16/h2-4H,5H2,1H3,(H2,12,17)(H,13,14)(H,15,16). The van der Waals surface area contributed by atoms with Gasteiger partial charge in [-0.05, 0) is 30.7 Å². The molecule has 0 radical (unpaired) electrons. The van der Waals surface area contributed by atoms with Gasteiger partial charge in [-0.25, -0.2) is 0 Å². The summed E-state index contributed by atoms with van der Waals surface area (Å²) in [6, 6.07) is 4.50. The number of anilines is 1. The largest absolute Gasteiger partial charge is 0.481 e. The molecule has 0 heterocycles. The number of nitrogens with one attached hydrogen (secondary N) is 1. The molecule has 0 saturated heterocycles. The SMILES string of the molecule is Cc1cc(C(N)=O)ccc1NC(=O)CC(=O)O. The first kappa shape index (κ1) is 12.7. The van der Waals surface area contributed by atoms with Crippen molar-refractivity contribution in [3.05, 3.63) is 29.3 Å². The molecule has 0 spiro atoms. The smallest absolute Gasteiger partial charge is 0.312 e. The van der Waals surface area contributed by atoms with Crippen LogP contribution in [0.25, 0.3) is 0 Å². The first-order chi connectivity index (χ1) is 7.90. The van der Waals surface area contributed by atoms with Crippen LogP contribution in [0, 0.1) is 6.92 Å². The summed E-state index contributed by atoms with van der Waals surface area (Å²) < 4.78 is 0. The number of nitrogens with two attached hydrogens (primary N) is 1. The average Bonchev–Trinajstić information content (AvgIpc) is 2.19. The third-order valence-corrected chi connectivity index (χ3v) is 2.10. The zero-order chi connectivity index (χ0) is 13.0. The van der Waals surface area contributed by atoms with E-state index in [1.165, 1.54) is 18.2 Å². The van der Waals surface area contributed by atoms with E-state index >= 15 is 0 Å². The molecular formula is C11H12N2O4. The Labute approximate surface area is 97.4 Å². The Balaban J connectivity index is 2.83. The molecule has 6 nitrogen and oxygen atoms in total. The van der Waals surface area contributed by atoms with E-state index < -0.39 is 24.2 Å². The van der Waals surface area contributed by atoms with Crippen LogP contribution in [0.5, 0.6) is 0 Å². The second-order valence-electron chi connectivity index (χ2n) is 3.51. The van der Waals surface area contributed by atoms with E-state index in [0.717, 1.165) is 0 Å². The Bertz CT molecular complexity index is 482.